The summed E-state index contributed by atoms with van der Waals surface area (Å²) < 4.78 is 19.5. The van der Waals surface area contributed by atoms with Crippen molar-refractivity contribution in [3.8, 4) is 28.1 Å². The summed E-state index contributed by atoms with van der Waals surface area (Å²) in [6.45, 7) is 2.00. The highest BCUT2D eigenvalue weighted by molar-refractivity contribution is 5.98. The zero-order chi connectivity index (χ0) is 28.6. The zero-order valence-electron chi connectivity index (χ0n) is 24.1. The Hall–Kier alpha value is -3.99. The molecule has 0 amide bonds. The molecule has 0 saturated carbocycles. The Bertz CT molecular complexity index is 1510. The normalized spacial score (nSPS) is 15.0. The molecule has 0 radical (unpaired) electrons. The van der Waals surface area contributed by atoms with Gasteiger partial charge in [0.2, 0.25) is 0 Å². The zero-order valence-corrected chi connectivity index (χ0v) is 24.1. The second kappa shape index (κ2) is 13.6. The van der Waals surface area contributed by atoms with Crippen molar-refractivity contribution in [3.05, 3.63) is 95.5 Å². The number of hydrogen-bond donors (Lipinski definition) is 1. The number of benzene rings is 2. The number of halogens is 1. The highest BCUT2D eigenvalue weighted by Gasteiger charge is 2.18. The summed E-state index contributed by atoms with van der Waals surface area (Å²) in [4.78, 5) is 17.7. The van der Waals surface area contributed by atoms with Gasteiger partial charge in [0.1, 0.15) is 0 Å². The van der Waals surface area contributed by atoms with Gasteiger partial charge in [0, 0.05) is 35.0 Å². The molecule has 0 spiro atoms. The molecule has 0 saturated heterocycles. The monoisotopic (exact) mass is 550 g/mol. The van der Waals surface area contributed by atoms with Gasteiger partial charge in [-0.1, -0.05) is 48.8 Å². The Labute approximate surface area is 243 Å². The quantitative estimate of drug-likeness (QED) is 0.121. The lowest BCUT2D eigenvalue weighted by atomic mass is 9.95. The highest BCUT2D eigenvalue weighted by atomic mass is 19.1. The van der Waals surface area contributed by atoms with Crippen LogP contribution in [0.3, 0.4) is 0 Å². The number of ether oxygens (including phenoxy) is 1. The summed E-state index contributed by atoms with van der Waals surface area (Å²) in [5, 5.41) is 3.49. The van der Waals surface area contributed by atoms with Crippen LogP contribution in [0.1, 0.15) is 80.1 Å². The van der Waals surface area contributed by atoms with Crippen LogP contribution in [-0.2, 0) is 0 Å². The van der Waals surface area contributed by atoms with E-state index in [0.29, 0.717) is 6.42 Å². The van der Waals surface area contributed by atoms with E-state index in [9.17, 15) is 9.18 Å². The van der Waals surface area contributed by atoms with Crippen molar-refractivity contribution >= 4 is 17.2 Å². The van der Waals surface area contributed by atoms with Crippen molar-refractivity contribution in [2.45, 2.75) is 71.1 Å². The van der Waals surface area contributed by atoms with Crippen LogP contribution < -0.4 is 10.1 Å². The lowest BCUT2D eigenvalue weighted by Crippen LogP contribution is -2.03. The fraction of sp³-hybridized carbons (Fsp3) is 0.333. The summed E-state index contributed by atoms with van der Waals surface area (Å²) in [7, 11) is 1.46. The number of fused-ring (bicyclic) bond motifs is 1. The van der Waals surface area contributed by atoms with E-state index in [1.807, 2.05) is 55.5 Å². The van der Waals surface area contributed by atoms with Crippen LogP contribution in [0.25, 0.3) is 22.4 Å². The molecule has 0 aromatic heterocycles. The van der Waals surface area contributed by atoms with Crippen molar-refractivity contribution in [3.63, 3.8) is 0 Å². The molecular weight excluding hydrogens is 511 g/mol. The number of unbranched alkanes of at least 4 members (excludes halogenated alkanes) is 1. The summed E-state index contributed by atoms with van der Waals surface area (Å²) in [5.41, 5.74) is 8.37. The number of anilines is 2. The van der Waals surface area contributed by atoms with Crippen molar-refractivity contribution in [2.24, 2.45) is 0 Å². The Kier molecular flexibility index (Phi) is 9.45. The minimum absolute atomic E-state index is 0.211. The van der Waals surface area contributed by atoms with Crippen LogP contribution in [-0.4, -0.2) is 17.9 Å². The Balaban J connectivity index is 1.24. The topological polar surface area (TPSA) is 51.2 Å². The van der Waals surface area contributed by atoms with E-state index in [4.69, 9.17) is 4.74 Å². The Morgan fingerprint density at radius 3 is 2.66 bits per heavy atom. The average Bonchev–Trinajstić information content (AvgIpc) is 3.27. The van der Waals surface area contributed by atoms with Crippen LogP contribution in [0.15, 0.2) is 78.5 Å². The van der Waals surface area contributed by atoms with E-state index in [1.165, 1.54) is 51.7 Å². The molecule has 0 bridgehead atoms. The molecule has 5 rings (SSSR count). The van der Waals surface area contributed by atoms with Gasteiger partial charge < -0.3 is 10.1 Å². The summed E-state index contributed by atoms with van der Waals surface area (Å²) in [5.74, 6) is 0.0179. The highest BCUT2D eigenvalue weighted by Crippen LogP contribution is 2.39. The second-order valence-corrected chi connectivity index (χ2v) is 11.0. The second-order valence-electron chi connectivity index (χ2n) is 11.0. The molecule has 1 heterocycles. The smallest absolute Gasteiger partial charge is 0.165 e. The first-order chi connectivity index (χ1) is 20.0. The van der Waals surface area contributed by atoms with Crippen LogP contribution in [0, 0.1) is 12.7 Å². The molecule has 212 valence electrons. The van der Waals surface area contributed by atoms with Crippen molar-refractivity contribution in [2.75, 3.05) is 12.4 Å². The lowest BCUT2D eigenvalue weighted by molar-refractivity contribution is 0.0978. The molecular formula is C36H39FN2O2. The first-order valence-corrected chi connectivity index (χ1v) is 14.8. The van der Waals surface area contributed by atoms with E-state index in [1.54, 1.807) is 17.8 Å². The van der Waals surface area contributed by atoms with Crippen LogP contribution in [0.2, 0.25) is 0 Å². The fourth-order valence-electron chi connectivity index (χ4n) is 5.79. The van der Waals surface area contributed by atoms with Gasteiger partial charge in [-0.15, -0.1) is 0 Å². The molecule has 3 aliphatic rings. The number of methoxy groups -OCH3 is 1. The van der Waals surface area contributed by atoms with Gasteiger partial charge in [-0.05, 0) is 99.4 Å². The summed E-state index contributed by atoms with van der Waals surface area (Å²) in [6, 6.07) is 18.8. The Morgan fingerprint density at radius 1 is 0.976 bits per heavy atom. The van der Waals surface area contributed by atoms with Crippen LogP contribution in [0.5, 0.6) is 5.75 Å². The number of aryl methyl sites for hydroxylation is 1. The third kappa shape index (κ3) is 7.02. The molecule has 0 atom stereocenters. The number of nitrogens with zero attached hydrogens (tertiary/aromatic N) is 1. The third-order valence-corrected chi connectivity index (χ3v) is 8.07. The number of Topliss-reactive ketones (excluding diaryl/α,β-unsaturated/α-hetero) is 1. The largest absolute Gasteiger partial charge is 0.494 e. The Morgan fingerprint density at radius 2 is 1.83 bits per heavy atom. The number of rotatable bonds is 10. The summed E-state index contributed by atoms with van der Waals surface area (Å²) in [6.07, 6.45) is 15.7. The average molecular weight is 551 g/mol. The van der Waals surface area contributed by atoms with Gasteiger partial charge in [0.25, 0.3) is 0 Å². The van der Waals surface area contributed by atoms with E-state index in [-0.39, 0.29) is 11.5 Å². The maximum atomic E-state index is 14.4. The number of carbonyl (C=O) groups excluding carboxylic acids is 1. The van der Waals surface area contributed by atoms with Crippen molar-refractivity contribution in [1.29, 1.82) is 0 Å². The number of hydrogen-bond acceptors (Lipinski definition) is 4. The van der Waals surface area contributed by atoms with E-state index >= 15 is 0 Å². The van der Waals surface area contributed by atoms with E-state index < -0.39 is 5.82 Å². The number of aromatic nitrogens is 1. The van der Waals surface area contributed by atoms with Crippen LogP contribution in [0.4, 0.5) is 15.8 Å². The summed E-state index contributed by atoms with van der Waals surface area (Å²) >= 11 is 0. The molecule has 2 aromatic rings. The minimum Gasteiger partial charge on any atom is -0.494 e. The van der Waals surface area contributed by atoms with Gasteiger partial charge in [0.05, 0.1) is 18.5 Å². The van der Waals surface area contributed by atoms with Gasteiger partial charge in [0.15, 0.2) is 17.3 Å². The van der Waals surface area contributed by atoms with Gasteiger partial charge in [-0.2, -0.15) is 0 Å². The molecule has 0 fully saturated rings. The molecule has 0 unspecified atom stereocenters. The first-order valence-electron chi connectivity index (χ1n) is 14.8. The molecule has 5 heteroatoms. The molecule has 4 nitrogen and oxygen atoms in total. The number of allylic oxidation sites excluding steroid dienone is 2. The lowest BCUT2D eigenvalue weighted by Gasteiger charge is -2.12. The first kappa shape index (κ1) is 28.5. The van der Waals surface area contributed by atoms with Gasteiger partial charge in [-0.3, -0.25) is 9.78 Å². The fourth-order valence-corrected chi connectivity index (χ4v) is 5.79. The number of carbonyl (C=O) groups is 1. The minimum atomic E-state index is -0.407. The van der Waals surface area contributed by atoms with Gasteiger partial charge >= 0.3 is 0 Å². The van der Waals surface area contributed by atoms with Crippen LogP contribution >= 0.6 is 0 Å². The predicted molar refractivity (Wildman–Crippen MR) is 166 cm³/mol. The SMILES string of the molecule is COc1ccc(-c2cnc3c(Nc4ccc(C(=O)CCCC/C5=C/CCCCCC5)c(C)c4)ccccc2-3)cc1F. The maximum absolute atomic E-state index is 14.4. The molecule has 1 N–H and O–H groups in total. The number of nitrogens with one attached hydrogen (secondary N) is 1. The van der Waals surface area contributed by atoms with E-state index in [2.05, 4.69) is 16.4 Å². The third-order valence-electron chi connectivity index (χ3n) is 8.07. The molecule has 1 aliphatic heterocycles. The molecule has 2 aromatic carbocycles. The molecule has 2 aliphatic carbocycles. The predicted octanol–water partition coefficient (Wildman–Crippen LogP) is 10.1. The molecule has 41 heavy (non-hydrogen) atoms. The standard InChI is InChI=1S/C36H39FN2O2/c1-25-22-28(19-20-29(25)34(40)17-11-8-14-26-12-6-4-3-5-7-13-26)39-33-16-10-9-15-30-31(24-38-36(30)33)27-18-21-35(41-2)32(37)23-27/h9-10,12,15-16,18-24,39H,3-8,11,13-14,17H2,1-2H3/b26-12+. The van der Waals surface area contributed by atoms with Crippen molar-refractivity contribution in [1.82, 2.24) is 4.98 Å². The van der Waals surface area contributed by atoms with E-state index in [0.717, 1.165) is 64.1 Å². The number of ketones is 1. The maximum Gasteiger partial charge on any atom is 0.165 e. The van der Waals surface area contributed by atoms with Gasteiger partial charge in [-0.25, -0.2) is 4.39 Å². The van der Waals surface area contributed by atoms with Crippen molar-refractivity contribution < 1.29 is 13.9 Å².